The predicted octanol–water partition coefficient (Wildman–Crippen LogP) is 4.53. The minimum atomic E-state index is 0.0126. The molecule has 0 aliphatic carbocycles. The van der Waals surface area contributed by atoms with Gasteiger partial charge in [-0.15, -0.1) is 0 Å². The lowest BCUT2D eigenvalue weighted by atomic mass is 10.1. The standard InChI is InChI=1S/C16H16ClNO/c1-12(14-8-4-5-9-15(14)17)18-11-13-7-3-6-10-16(13)19-2/h3-12H,1-2H3/b18-11-. The Hall–Kier alpha value is -1.80. The predicted molar refractivity (Wildman–Crippen MR) is 80.5 cm³/mol. The first-order valence-corrected chi connectivity index (χ1v) is 6.51. The third kappa shape index (κ3) is 3.36. The average molecular weight is 274 g/mol. The highest BCUT2D eigenvalue weighted by Crippen LogP contribution is 2.25. The summed E-state index contributed by atoms with van der Waals surface area (Å²) in [6, 6.07) is 15.6. The van der Waals surface area contributed by atoms with Gasteiger partial charge in [-0.1, -0.05) is 41.9 Å². The van der Waals surface area contributed by atoms with Crippen molar-refractivity contribution in [3.63, 3.8) is 0 Å². The van der Waals surface area contributed by atoms with Crippen LogP contribution in [0.1, 0.15) is 24.1 Å². The summed E-state index contributed by atoms with van der Waals surface area (Å²) in [5, 5.41) is 0.743. The molecule has 3 heteroatoms. The van der Waals surface area contributed by atoms with Gasteiger partial charge in [-0.25, -0.2) is 0 Å². The van der Waals surface area contributed by atoms with Gasteiger partial charge in [0.25, 0.3) is 0 Å². The molecule has 1 atom stereocenters. The number of aliphatic imine (C=N–C) groups is 1. The van der Waals surface area contributed by atoms with E-state index in [0.29, 0.717) is 0 Å². The largest absolute Gasteiger partial charge is 0.496 e. The molecule has 0 aromatic heterocycles. The molecule has 0 amide bonds. The van der Waals surface area contributed by atoms with Crippen LogP contribution in [0.15, 0.2) is 53.5 Å². The molecule has 2 aromatic rings. The number of hydrogen-bond donors (Lipinski definition) is 0. The Bertz CT molecular complexity index is 580. The smallest absolute Gasteiger partial charge is 0.127 e. The van der Waals surface area contributed by atoms with Crippen LogP contribution in [0, 0.1) is 0 Å². The van der Waals surface area contributed by atoms with E-state index in [1.165, 1.54) is 0 Å². The van der Waals surface area contributed by atoms with Gasteiger partial charge in [-0.05, 0) is 30.7 Å². The quantitative estimate of drug-likeness (QED) is 0.750. The molecule has 2 aromatic carbocycles. The summed E-state index contributed by atoms with van der Waals surface area (Å²) < 4.78 is 5.29. The molecule has 0 bridgehead atoms. The van der Waals surface area contributed by atoms with Crippen LogP contribution < -0.4 is 4.74 Å². The highest BCUT2D eigenvalue weighted by Gasteiger charge is 2.06. The van der Waals surface area contributed by atoms with Crippen LogP contribution in [0.3, 0.4) is 0 Å². The summed E-state index contributed by atoms with van der Waals surface area (Å²) in [6.45, 7) is 2.02. The zero-order chi connectivity index (χ0) is 13.7. The first kappa shape index (κ1) is 13.6. The van der Waals surface area contributed by atoms with Gasteiger partial charge in [-0.3, -0.25) is 4.99 Å². The molecule has 0 N–H and O–H groups in total. The van der Waals surface area contributed by atoms with E-state index in [-0.39, 0.29) is 6.04 Å². The van der Waals surface area contributed by atoms with E-state index in [0.717, 1.165) is 21.9 Å². The van der Waals surface area contributed by atoms with Gasteiger partial charge < -0.3 is 4.74 Å². The van der Waals surface area contributed by atoms with Gasteiger partial charge in [0.15, 0.2) is 0 Å². The molecule has 0 spiro atoms. The van der Waals surface area contributed by atoms with Crippen LogP contribution >= 0.6 is 11.6 Å². The monoisotopic (exact) mass is 273 g/mol. The van der Waals surface area contributed by atoms with Gasteiger partial charge >= 0.3 is 0 Å². The molecule has 0 saturated carbocycles. The van der Waals surface area contributed by atoms with Crippen molar-refractivity contribution >= 4 is 17.8 Å². The summed E-state index contributed by atoms with van der Waals surface area (Å²) >= 11 is 6.16. The third-order valence-electron chi connectivity index (χ3n) is 2.93. The normalized spacial score (nSPS) is 12.6. The Morgan fingerprint density at radius 3 is 2.53 bits per heavy atom. The van der Waals surface area contributed by atoms with Crippen molar-refractivity contribution in [1.82, 2.24) is 0 Å². The summed E-state index contributed by atoms with van der Waals surface area (Å²) in [5.41, 5.74) is 1.99. The van der Waals surface area contributed by atoms with E-state index in [9.17, 15) is 0 Å². The second kappa shape index (κ2) is 6.39. The van der Waals surface area contributed by atoms with Crippen molar-refractivity contribution in [2.24, 2.45) is 4.99 Å². The number of hydrogen-bond acceptors (Lipinski definition) is 2. The number of rotatable bonds is 4. The van der Waals surface area contributed by atoms with Crippen molar-refractivity contribution in [2.75, 3.05) is 7.11 Å². The van der Waals surface area contributed by atoms with Gasteiger partial charge in [-0.2, -0.15) is 0 Å². The first-order valence-electron chi connectivity index (χ1n) is 6.13. The number of halogens is 1. The van der Waals surface area contributed by atoms with Crippen LogP contribution in [0.4, 0.5) is 0 Å². The SMILES string of the molecule is COc1ccccc1/C=N\C(C)c1ccccc1Cl. The summed E-state index contributed by atoms with van der Waals surface area (Å²) in [6.07, 6.45) is 1.83. The third-order valence-corrected chi connectivity index (χ3v) is 3.28. The molecule has 0 saturated heterocycles. The maximum atomic E-state index is 6.16. The number of nitrogens with zero attached hydrogens (tertiary/aromatic N) is 1. The Morgan fingerprint density at radius 2 is 1.79 bits per heavy atom. The molecule has 0 radical (unpaired) electrons. The second-order valence-electron chi connectivity index (χ2n) is 4.22. The lowest BCUT2D eigenvalue weighted by molar-refractivity contribution is 0.414. The number of para-hydroxylation sites is 1. The lowest BCUT2D eigenvalue weighted by Crippen LogP contribution is -1.94. The molecule has 98 valence electrons. The molecule has 2 nitrogen and oxygen atoms in total. The van der Waals surface area contributed by atoms with E-state index in [1.807, 2.05) is 61.7 Å². The van der Waals surface area contributed by atoms with Crippen molar-refractivity contribution in [2.45, 2.75) is 13.0 Å². The van der Waals surface area contributed by atoms with Gasteiger partial charge in [0.2, 0.25) is 0 Å². The van der Waals surface area contributed by atoms with Crippen LogP contribution in [-0.2, 0) is 0 Å². The van der Waals surface area contributed by atoms with Crippen molar-refractivity contribution in [3.05, 3.63) is 64.7 Å². The van der Waals surface area contributed by atoms with Crippen LogP contribution in [0.5, 0.6) is 5.75 Å². The van der Waals surface area contributed by atoms with Crippen LogP contribution in [0.2, 0.25) is 5.02 Å². The minimum absolute atomic E-state index is 0.0126. The van der Waals surface area contributed by atoms with E-state index in [1.54, 1.807) is 7.11 Å². The Kier molecular flexibility index (Phi) is 4.58. The fourth-order valence-electron chi connectivity index (χ4n) is 1.86. The maximum Gasteiger partial charge on any atom is 0.127 e. The number of ether oxygens (including phenoxy) is 1. The molecule has 2 rings (SSSR count). The summed E-state index contributed by atoms with van der Waals surface area (Å²) in [7, 11) is 1.66. The zero-order valence-electron chi connectivity index (χ0n) is 11.0. The highest BCUT2D eigenvalue weighted by molar-refractivity contribution is 6.31. The molecule has 0 heterocycles. The van der Waals surface area contributed by atoms with Gasteiger partial charge in [0.1, 0.15) is 5.75 Å². The van der Waals surface area contributed by atoms with E-state index in [2.05, 4.69) is 4.99 Å². The minimum Gasteiger partial charge on any atom is -0.496 e. The Morgan fingerprint density at radius 1 is 1.11 bits per heavy atom. The van der Waals surface area contributed by atoms with Crippen LogP contribution in [-0.4, -0.2) is 13.3 Å². The maximum absolute atomic E-state index is 6.16. The molecule has 1 unspecified atom stereocenters. The lowest BCUT2D eigenvalue weighted by Gasteiger charge is -2.09. The topological polar surface area (TPSA) is 21.6 Å². The second-order valence-corrected chi connectivity index (χ2v) is 4.62. The number of methoxy groups -OCH3 is 1. The molecule has 0 fully saturated rings. The van der Waals surface area contributed by atoms with E-state index in [4.69, 9.17) is 16.3 Å². The van der Waals surface area contributed by atoms with Gasteiger partial charge in [0.05, 0.1) is 13.2 Å². The fourth-order valence-corrected chi connectivity index (χ4v) is 2.15. The Balaban J connectivity index is 2.21. The highest BCUT2D eigenvalue weighted by atomic mass is 35.5. The van der Waals surface area contributed by atoms with E-state index < -0.39 is 0 Å². The Labute approximate surface area is 118 Å². The van der Waals surface area contributed by atoms with Crippen molar-refractivity contribution < 1.29 is 4.74 Å². The summed E-state index contributed by atoms with van der Waals surface area (Å²) in [5.74, 6) is 0.817. The van der Waals surface area contributed by atoms with E-state index >= 15 is 0 Å². The zero-order valence-corrected chi connectivity index (χ0v) is 11.8. The molecule has 0 aliphatic rings. The number of benzene rings is 2. The fraction of sp³-hybridized carbons (Fsp3) is 0.188. The molecular weight excluding hydrogens is 258 g/mol. The summed E-state index contributed by atoms with van der Waals surface area (Å²) in [4.78, 5) is 4.54. The van der Waals surface area contributed by atoms with Crippen LogP contribution in [0.25, 0.3) is 0 Å². The molecule has 19 heavy (non-hydrogen) atoms. The average Bonchev–Trinajstić information content (AvgIpc) is 2.45. The van der Waals surface area contributed by atoms with Gasteiger partial charge in [0, 0.05) is 16.8 Å². The van der Waals surface area contributed by atoms with Crippen molar-refractivity contribution in [3.8, 4) is 5.75 Å². The first-order chi connectivity index (χ1) is 9.22. The molecular formula is C16H16ClNO. The molecule has 0 aliphatic heterocycles. The van der Waals surface area contributed by atoms with Crippen molar-refractivity contribution in [1.29, 1.82) is 0 Å².